The number of hydrogen-bond acceptors (Lipinski definition) is 7. The van der Waals surface area contributed by atoms with Crippen LogP contribution in [0.4, 0.5) is 20.4 Å². The third-order valence-corrected chi connectivity index (χ3v) is 6.63. The number of aromatic nitrogens is 2. The normalized spacial score (nSPS) is 18.4. The molecule has 1 aliphatic carbocycles. The molecule has 3 heterocycles. The van der Waals surface area contributed by atoms with E-state index in [0.29, 0.717) is 47.9 Å². The Balaban J connectivity index is 1.30. The molecule has 0 radical (unpaired) electrons. The van der Waals surface area contributed by atoms with Crippen LogP contribution in [0.1, 0.15) is 22.4 Å². The Morgan fingerprint density at radius 3 is 2.55 bits per heavy atom. The minimum absolute atomic E-state index is 0.103. The highest BCUT2D eigenvalue weighted by atomic mass is 35.5. The highest BCUT2D eigenvalue weighted by molar-refractivity contribution is 6.69. The molecule has 3 aromatic rings. The van der Waals surface area contributed by atoms with Crippen molar-refractivity contribution < 1.29 is 13.9 Å². The number of benzene rings is 2. The fourth-order valence-electron chi connectivity index (χ4n) is 4.57. The lowest BCUT2D eigenvalue weighted by molar-refractivity contribution is 0.181. The van der Waals surface area contributed by atoms with E-state index >= 15 is 0 Å². The van der Waals surface area contributed by atoms with Gasteiger partial charge in [-0.25, -0.2) is 23.7 Å². The Labute approximate surface area is 222 Å². The lowest BCUT2D eigenvalue weighted by atomic mass is 9.84. The summed E-state index contributed by atoms with van der Waals surface area (Å²) >= 11 is 6.26. The van der Waals surface area contributed by atoms with E-state index in [0.717, 1.165) is 22.6 Å². The van der Waals surface area contributed by atoms with Crippen molar-refractivity contribution >= 4 is 45.4 Å². The number of rotatable bonds is 4. The van der Waals surface area contributed by atoms with E-state index in [4.69, 9.17) is 16.6 Å². The third-order valence-electron chi connectivity index (χ3n) is 6.42. The minimum atomic E-state index is -0.687. The quantitative estimate of drug-likeness (QED) is 0.452. The van der Waals surface area contributed by atoms with Gasteiger partial charge in [-0.15, -0.1) is 0 Å². The van der Waals surface area contributed by atoms with Gasteiger partial charge in [0.25, 0.3) is 0 Å². The summed E-state index contributed by atoms with van der Waals surface area (Å²) in [6.45, 7) is 0.830. The van der Waals surface area contributed by atoms with Gasteiger partial charge in [0.15, 0.2) is 0 Å². The molecule has 1 unspecified atom stereocenters. The standard InChI is InChI=1S/C28H21ClF2N6O/c29-24-10-20(25-22(30)2-1-3-23(25)31)19-9-6-16-11-35-28(37-26(16)21(19)14-32-24)36-17-7-4-15(5-8-17)27-33-12-18(38)13-34-27/h1-5,7-11,14,18,38H,6,12-13H2,(H,33,34)(H,35,36,37). The third kappa shape index (κ3) is 4.62. The summed E-state index contributed by atoms with van der Waals surface area (Å²) in [6, 6.07) is 11.3. The maximum atomic E-state index is 14.8. The first-order valence-corrected chi connectivity index (χ1v) is 12.3. The number of fused-ring (bicyclic) bond motifs is 3. The highest BCUT2D eigenvalue weighted by Crippen LogP contribution is 2.41. The van der Waals surface area contributed by atoms with Crippen LogP contribution in [0.25, 0.3) is 11.1 Å². The molecule has 190 valence electrons. The lowest BCUT2D eigenvalue weighted by Gasteiger charge is -2.22. The Kier molecular flexibility index (Phi) is 6.30. The van der Waals surface area contributed by atoms with E-state index in [2.05, 4.69) is 25.6 Å². The average Bonchev–Trinajstić information content (AvgIpc) is 3.08. The van der Waals surface area contributed by atoms with Gasteiger partial charge in [0.05, 0.1) is 23.9 Å². The van der Waals surface area contributed by atoms with Crippen molar-refractivity contribution in [2.45, 2.75) is 12.5 Å². The maximum absolute atomic E-state index is 14.8. The van der Waals surface area contributed by atoms with Crippen LogP contribution in [0.2, 0.25) is 0 Å². The molecule has 2 aliphatic heterocycles. The Morgan fingerprint density at radius 1 is 1.03 bits per heavy atom. The number of halogens is 3. The molecule has 0 fully saturated rings. The number of β-amino-alcohol motifs (C(OH)–C–C–N with tert-alkyl or cyclic N) is 1. The maximum Gasteiger partial charge on any atom is 0.227 e. The van der Waals surface area contributed by atoms with Gasteiger partial charge in [0, 0.05) is 41.3 Å². The van der Waals surface area contributed by atoms with Gasteiger partial charge in [-0.2, -0.15) is 0 Å². The van der Waals surface area contributed by atoms with E-state index in [9.17, 15) is 13.9 Å². The second kappa shape index (κ2) is 9.92. The van der Waals surface area contributed by atoms with Gasteiger partial charge in [-0.1, -0.05) is 23.7 Å². The summed E-state index contributed by atoms with van der Waals surface area (Å²) in [6.07, 6.45) is 6.65. The van der Waals surface area contributed by atoms with Crippen molar-refractivity contribution in [3.05, 3.63) is 107 Å². The molecule has 1 aromatic heterocycles. The summed E-state index contributed by atoms with van der Waals surface area (Å²) in [5.74, 6) is -0.280. The first-order chi connectivity index (χ1) is 18.5. The molecule has 0 saturated heterocycles. The van der Waals surface area contributed by atoms with Gasteiger partial charge < -0.3 is 15.7 Å². The predicted molar refractivity (Wildman–Crippen MR) is 145 cm³/mol. The number of nitrogens with zero attached hydrogens (tertiary/aromatic N) is 4. The summed E-state index contributed by atoms with van der Waals surface area (Å²) in [5, 5.41) is 16.0. The molecule has 10 heteroatoms. The molecule has 0 amide bonds. The van der Waals surface area contributed by atoms with Crippen LogP contribution < -0.4 is 10.6 Å². The number of aliphatic hydroxyl groups excluding tert-OH is 1. The van der Waals surface area contributed by atoms with E-state index in [1.807, 2.05) is 30.3 Å². The monoisotopic (exact) mass is 530 g/mol. The van der Waals surface area contributed by atoms with Gasteiger partial charge >= 0.3 is 0 Å². The van der Waals surface area contributed by atoms with Crippen LogP contribution in [0.5, 0.6) is 0 Å². The molecule has 6 rings (SSSR count). The summed E-state index contributed by atoms with van der Waals surface area (Å²) in [5.41, 5.74) is 4.46. The molecule has 0 bridgehead atoms. The van der Waals surface area contributed by atoms with Crippen molar-refractivity contribution in [2.24, 2.45) is 9.98 Å². The molecular formula is C28H21ClF2N6O. The lowest BCUT2D eigenvalue weighted by Crippen LogP contribution is -2.39. The topological polar surface area (TPSA) is 94.8 Å². The second-order valence-corrected chi connectivity index (χ2v) is 9.35. The first-order valence-electron chi connectivity index (χ1n) is 12.0. The van der Waals surface area contributed by atoms with E-state index in [1.54, 1.807) is 12.4 Å². The first kappa shape index (κ1) is 24.1. The average molecular weight is 531 g/mol. The van der Waals surface area contributed by atoms with Crippen LogP contribution in [-0.4, -0.2) is 45.3 Å². The molecule has 7 nitrogen and oxygen atoms in total. The summed E-state index contributed by atoms with van der Waals surface area (Å²) in [4.78, 5) is 17.8. The van der Waals surface area contributed by atoms with E-state index in [-0.39, 0.29) is 10.7 Å². The minimum Gasteiger partial charge on any atom is -0.389 e. The number of allylic oxidation sites excluding steroid dienone is 5. The Hall–Kier alpha value is -4.21. The van der Waals surface area contributed by atoms with Crippen LogP contribution >= 0.6 is 11.6 Å². The highest BCUT2D eigenvalue weighted by Gasteiger charge is 2.27. The number of anilines is 2. The van der Waals surface area contributed by atoms with Gasteiger partial charge in [-0.3, -0.25) is 4.99 Å². The van der Waals surface area contributed by atoms with Crippen LogP contribution in [-0.2, 0) is 6.42 Å². The SMILES string of the molecule is OC1CN=C(c2ccc(Nc3ncc4c(n3)C3=CN=C(Cl)C=C(c5c(F)cccc5F)C3=CC4)cc2)NC1. The van der Waals surface area contributed by atoms with Crippen LogP contribution in [0, 0.1) is 11.6 Å². The Bertz CT molecular complexity index is 1570. The van der Waals surface area contributed by atoms with Crippen molar-refractivity contribution in [1.29, 1.82) is 0 Å². The smallest absolute Gasteiger partial charge is 0.227 e. The number of nitrogens with one attached hydrogen (secondary N) is 2. The molecule has 3 N–H and O–H groups in total. The number of aliphatic hydroxyl groups is 1. The van der Waals surface area contributed by atoms with Gasteiger partial charge in [0.1, 0.15) is 22.6 Å². The van der Waals surface area contributed by atoms with Crippen molar-refractivity contribution in [2.75, 3.05) is 18.4 Å². The molecule has 1 atom stereocenters. The van der Waals surface area contributed by atoms with Gasteiger partial charge in [0.2, 0.25) is 5.95 Å². The number of aliphatic imine (C=N–C) groups is 2. The molecule has 0 spiro atoms. The number of amidine groups is 1. The fraction of sp³-hybridized carbons (Fsp3) is 0.143. The molecule has 3 aliphatic rings. The fourth-order valence-corrected chi connectivity index (χ4v) is 4.73. The van der Waals surface area contributed by atoms with Gasteiger partial charge in [-0.05, 0) is 60.0 Å². The zero-order valence-electron chi connectivity index (χ0n) is 19.9. The molecular weight excluding hydrogens is 510 g/mol. The molecule has 0 saturated carbocycles. The second-order valence-electron chi connectivity index (χ2n) is 8.97. The van der Waals surface area contributed by atoms with Crippen molar-refractivity contribution in [3.63, 3.8) is 0 Å². The summed E-state index contributed by atoms with van der Waals surface area (Å²) in [7, 11) is 0. The van der Waals surface area contributed by atoms with Crippen LogP contribution in [0.15, 0.2) is 82.6 Å². The van der Waals surface area contributed by atoms with E-state index in [1.165, 1.54) is 24.3 Å². The van der Waals surface area contributed by atoms with Crippen molar-refractivity contribution in [1.82, 2.24) is 15.3 Å². The number of hydrogen-bond donors (Lipinski definition) is 3. The largest absolute Gasteiger partial charge is 0.389 e. The van der Waals surface area contributed by atoms with E-state index < -0.39 is 17.7 Å². The summed E-state index contributed by atoms with van der Waals surface area (Å²) < 4.78 is 29.5. The molecule has 38 heavy (non-hydrogen) atoms. The zero-order valence-corrected chi connectivity index (χ0v) is 20.7. The van der Waals surface area contributed by atoms with Crippen molar-refractivity contribution in [3.8, 4) is 0 Å². The molecule has 2 aromatic carbocycles. The Morgan fingerprint density at radius 2 is 1.82 bits per heavy atom. The van der Waals surface area contributed by atoms with Crippen LogP contribution in [0.3, 0.4) is 0 Å². The zero-order chi connectivity index (χ0) is 26.2. The predicted octanol–water partition coefficient (Wildman–Crippen LogP) is 4.77.